The first-order valence-corrected chi connectivity index (χ1v) is 13.5. The number of fused-ring (bicyclic) bond motifs is 1. The second kappa shape index (κ2) is 11.5. The Labute approximate surface area is 227 Å². The molecule has 2 amide bonds. The number of terminal acetylenes is 1. The Balaban J connectivity index is 1.53. The molecule has 1 unspecified atom stereocenters. The van der Waals surface area contributed by atoms with Gasteiger partial charge in [0.05, 0.1) is 17.9 Å². The summed E-state index contributed by atoms with van der Waals surface area (Å²) in [4.78, 5) is 51.3. The summed E-state index contributed by atoms with van der Waals surface area (Å²) in [5.41, 5.74) is 23.1. The fraction of sp³-hybridized carbons (Fsp3) is 0.250. The van der Waals surface area contributed by atoms with Gasteiger partial charge in [-0.3, -0.25) is 14.5 Å². The maximum absolute atomic E-state index is 12.9. The van der Waals surface area contributed by atoms with Crippen molar-refractivity contribution in [3.05, 3.63) is 28.4 Å². The first kappa shape index (κ1) is 26.8. The van der Waals surface area contributed by atoms with Crippen LogP contribution < -0.4 is 32.8 Å². The summed E-state index contributed by atoms with van der Waals surface area (Å²) in [6, 6.07) is 1.36. The van der Waals surface area contributed by atoms with Crippen LogP contribution in [0.5, 0.6) is 0 Å². The molecule has 1 saturated heterocycles. The summed E-state index contributed by atoms with van der Waals surface area (Å²) < 4.78 is 1.24. The first-order chi connectivity index (χ1) is 18.2. The van der Waals surface area contributed by atoms with E-state index < -0.39 is 11.9 Å². The Morgan fingerprint density at radius 2 is 2.18 bits per heavy atom. The predicted molar refractivity (Wildman–Crippen MR) is 142 cm³/mol. The number of thioether (sulfide) groups is 2. The molecule has 2 aromatic heterocycles. The number of carboxylic acids is 1. The molecule has 0 aromatic carbocycles. The van der Waals surface area contributed by atoms with Crippen LogP contribution in [0.3, 0.4) is 0 Å². The molecule has 198 valence electrons. The monoisotopic (exact) mass is 577 g/mol. The van der Waals surface area contributed by atoms with Crippen LogP contribution in [-0.2, 0) is 19.2 Å². The van der Waals surface area contributed by atoms with Crippen LogP contribution in [0.25, 0.3) is 0 Å². The summed E-state index contributed by atoms with van der Waals surface area (Å²) in [6.07, 6.45) is 5.47. The van der Waals surface area contributed by atoms with Gasteiger partial charge in [-0.05, 0) is 17.3 Å². The van der Waals surface area contributed by atoms with Crippen molar-refractivity contribution in [2.45, 2.75) is 17.0 Å². The van der Waals surface area contributed by atoms with Crippen LogP contribution in [0.15, 0.2) is 33.0 Å². The van der Waals surface area contributed by atoms with Crippen molar-refractivity contribution in [2.24, 2.45) is 5.16 Å². The SMILES string of the molecule is C#CCO/N=C(\C(=O)NN[n+]1c(N)cc(N)nc1SCC1=C(C(=O)O)N2C(=O)CC2SC1)c1csc(N)n1. The van der Waals surface area contributed by atoms with E-state index in [1.54, 1.807) is 0 Å². The van der Waals surface area contributed by atoms with Gasteiger partial charge in [-0.15, -0.1) is 34.2 Å². The third-order valence-electron chi connectivity index (χ3n) is 5.04. The number of β-lactam (4-membered cyclic amide) rings is 1. The number of nitrogens with zero attached hydrogens (tertiary/aromatic N) is 5. The highest BCUT2D eigenvalue weighted by Gasteiger charge is 2.45. The summed E-state index contributed by atoms with van der Waals surface area (Å²) in [5, 5.41) is 15.2. The molecule has 2 aliphatic rings. The Morgan fingerprint density at radius 1 is 1.39 bits per heavy atom. The lowest BCUT2D eigenvalue weighted by Gasteiger charge is -2.43. The minimum atomic E-state index is -1.18. The lowest BCUT2D eigenvalue weighted by atomic mass is 10.1. The highest BCUT2D eigenvalue weighted by atomic mass is 32.2. The summed E-state index contributed by atoms with van der Waals surface area (Å²) in [7, 11) is 0. The second-order valence-electron chi connectivity index (χ2n) is 7.56. The molecule has 2 aromatic rings. The number of aromatic nitrogens is 3. The first-order valence-electron chi connectivity index (χ1n) is 10.6. The van der Waals surface area contributed by atoms with Gasteiger partial charge >= 0.3 is 11.1 Å². The van der Waals surface area contributed by atoms with Gasteiger partial charge in [0.2, 0.25) is 17.5 Å². The number of nitrogens with one attached hydrogen (secondary N) is 2. The number of hydrogen-bond acceptors (Lipinski definition) is 14. The summed E-state index contributed by atoms with van der Waals surface area (Å²) in [5.74, 6) is 0.840. The minimum absolute atomic E-state index is 0.0301. The zero-order valence-corrected chi connectivity index (χ0v) is 21.9. The van der Waals surface area contributed by atoms with Crippen molar-refractivity contribution >= 4 is 75.1 Å². The Bertz CT molecular complexity index is 1400. The Hall–Kier alpha value is -4.21. The molecule has 38 heavy (non-hydrogen) atoms. The number of oxime groups is 1. The van der Waals surface area contributed by atoms with Crippen molar-refractivity contribution in [2.75, 3.05) is 40.8 Å². The molecular formula is C20H21N10O5S3+. The number of carbonyl (C=O) groups is 3. The molecule has 2 aliphatic heterocycles. The lowest BCUT2D eigenvalue weighted by Crippen LogP contribution is -2.58. The van der Waals surface area contributed by atoms with E-state index >= 15 is 0 Å². The number of hydrogen-bond donors (Lipinski definition) is 6. The van der Waals surface area contributed by atoms with Gasteiger partial charge in [0.1, 0.15) is 11.4 Å². The fourth-order valence-electron chi connectivity index (χ4n) is 3.37. The number of carbonyl (C=O) groups excluding carboxylic acids is 2. The molecule has 9 N–H and O–H groups in total. The van der Waals surface area contributed by atoms with Crippen LogP contribution in [0.1, 0.15) is 12.1 Å². The van der Waals surface area contributed by atoms with Gasteiger partial charge in [-0.2, -0.15) is 5.53 Å². The molecule has 1 fully saturated rings. The Kier molecular flexibility index (Phi) is 8.09. The average molecular weight is 578 g/mol. The number of hydrazine groups is 1. The lowest BCUT2D eigenvalue weighted by molar-refractivity contribution is -0.682. The number of rotatable bonds is 10. The zero-order chi connectivity index (χ0) is 27.4. The van der Waals surface area contributed by atoms with Crippen molar-refractivity contribution in [3.63, 3.8) is 0 Å². The van der Waals surface area contributed by atoms with E-state index in [9.17, 15) is 19.5 Å². The van der Waals surface area contributed by atoms with Crippen LogP contribution in [0.4, 0.5) is 16.8 Å². The molecule has 15 nitrogen and oxygen atoms in total. The highest BCUT2D eigenvalue weighted by molar-refractivity contribution is 8.00. The largest absolute Gasteiger partial charge is 0.477 e. The van der Waals surface area contributed by atoms with Gasteiger partial charge in [0.15, 0.2) is 17.5 Å². The smallest absolute Gasteiger partial charge is 0.352 e. The normalized spacial score (nSPS) is 16.8. The molecular weight excluding hydrogens is 556 g/mol. The number of anilines is 3. The van der Waals surface area contributed by atoms with Crippen molar-refractivity contribution in [1.82, 2.24) is 20.3 Å². The fourth-order valence-corrected chi connectivity index (χ4v) is 6.30. The van der Waals surface area contributed by atoms with E-state index in [2.05, 4.69) is 32.0 Å². The van der Waals surface area contributed by atoms with Crippen LogP contribution >= 0.6 is 34.9 Å². The number of nitrogen functional groups attached to an aromatic ring is 3. The van der Waals surface area contributed by atoms with E-state index in [0.717, 1.165) is 23.1 Å². The van der Waals surface area contributed by atoms with Gasteiger partial charge in [0, 0.05) is 16.9 Å². The quantitative estimate of drug-likeness (QED) is 0.0289. The van der Waals surface area contributed by atoms with Crippen LogP contribution in [-0.4, -0.2) is 67.0 Å². The predicted octanol–water partition coefficient (Wildman–Crippen LogP) is -1.06. The number of carboxylic acid groups (broad SMARTS) is 1. The minimum Gasteiger partial charge on any atom is -0.477 e. The standard InChI is InChI=1S/C20H20N10O5S3/c1-2-3-35-27-15(10-8-37-19(23)24-10)17(32)26-28-30-12(22)4-11(21)25-20(30)38-7-9-6-36-14-5-13(31)29(14)16(9)18(33)34/h1,4,8,14H,3,5-7H2,(H8,21,22,23,24,26,27,28,32,33,34)/p+1. The molecule has 1 atom stereocenters. The topological polar surface area (TPSA) is 228 Å². The van der Waals surface area contributed by atoms with Crippen molar-refractivity contribution in [3.8, 4) is 12.3 Å². The third kappa shape index (κ3) is 5.69. The summed E-state index contributed by atoms with van der Waals surface area (Å²) in [6.45, 7) is -0.176. The van der Waals surface area contributed by atoms with Gasteiger partial charge in [-0.25, -0.2) is 15.2 Å². The molecule has 0 bridgehead atoms. The number of amides is 2. The maximum Gasteiger partial charge on any atom is 0.352 e. The van der Waals surface area contributed by atoms with Crippen LogP contribution in [0, 0.1) is 12.3 Å². The number of aliphatic carboxylic acids is 1. The average Bonchev–Trinajstić information content (AvgIpc) is 3.29. The molecule has 0 radical (unpaired) electrons. The van der Waals surface area contributed by atoms with Gasteiger partial charge < -0.3 is 27.1 Å². The number of thiazole rings is 1. The molecule has 4 rings (SSSR count). The third-order valence-corrected chi connectivity index (χ3v) is 8.02. The van der Waals surface area contributed by atoms with E-state index in [4.69, 9.17) is 28.5 Å². The molecule has 0 saturated carbocycles. The molecule has 0 aliphatic carbocycles. The van der Waals surface area contributed by atoms with Gasteiger partial charge in [0.25, 0.3) is 5.91 Å². The van der Waals surface area contributed by atoms with Gasteiger partial charge in [-0.1, -0.05) is 16.1 Å². The molecule has 18 heteroatoms. The molecule has 4 heterocycles. The zero-order valence-electron chi connectivity index (χ0n) is 19.4. The highest BCUT2D eigenvalue weighted by Crippen LogP contribution is 2.41. The van der Waals surface area contributed by atoms with Crippen molar-refractivity contribution < 1.29 is 29.0 Å². The van der Waals surface area contributed by atoms with Crippen molar-refractivity contribution in [1.29, 1.82) is 0 Å². The van der Waals surface area contributed by atoms with E-state index in [0.29, 0.717) is 17.7 Å². The van der Waals surface area contributed by atoms with E-state index in [-0.39, 0.29) is 62.7 Å². The number of nitrogens with two attached hydrogens (primary N) is 3. The van der Waals surface area contributed by atoms with E-state index in [1.807, 2.05) is 0 Å². The summed E-state index contributed by atoms with van der Waals surface area (Å²) >= 11 is 3.70. The van der Waals surface area contributed by atoms with E-state index in [1.165, 1.54) is 32.8 Å². The molecule has 0 spiro atoms. The second-order valence-corrected chi connectivity index (χ2v) is 10.6. The Morgan fingerprint density at radius 3 is 2.84 bits per heavy atom. The maximum atomic E-state index is 12.9. The van der Waals surface area contributed by atoms with Crippen LogP contribution in [0.2, 0.25) is 0 Å².